The lowest BCUT2D eigenvalue weighted by Crippen LogP contribution is -2.34. The number of hydrogen-bond donors (Lipinski definition) is 1. The lowest BCUT2D eigenvalue weighted by Gasteiger charge is -2.39. The van der Waals surface area contributed by atoms with Gasteiger partial charge in [0, 0.05) is 4.43 Å². The minimum absolute atomic E-state index is 0.814. The van der Waals surface area contributed by atoms with E-state index in [2.05, 4.69) is 29.5 Å². The fourth-order valence-corrected chi connectivity index (χ4v) is 2.71. The van der Waals surface area contributed by atoms with Gasteiger partial charge >= 0.3 is 0 Å². The molecule has 0 bridgehead atoms. The summed E-state index contributed by atoms with van der Waals surface area (Å²) in [5.41, 5.74) is 5.68. The fourth-order valence-electron chi connectivity index (χ4n) is 1.99. The van der Waals surface area contributed by atoms with Crippen LogP contribution in [0.1, 0.15) is 26.2 Å². The summed E-state index contributed by atoms with van der Waals surface area (Å²) in [6.07, 6.45) is 4.16. The molecule has 11 heavy (non-hydrogen) atoms. The van der Waals surface area contributed by atoms with E-state index < -0.39 is 0 Å². The van der Waals surface area contributed by atoms with Crippen molar-refractivity contribution in [3.63, 3.8) is 0 Å². The molecule has 1 saturated carbocycles. The van der Waals surface area contributed by atoms with Crippen molar-refractivity contribution in [2.75, 3.05) is 11.0 Å². The van der Waals surface area contributed by atoms with Gasteiger partial charge in [0.2, 0.25) is 0 Å². The van der Waals surface area contributed by atoms with E-state index in [1.807, 2.05) is 0 Å². The van der Waals surface area contributed by atoms with Crippen molar-refractivity contribution >= 4 is 22.6 Å². The summed E-state index contributed by atoms with van der Waals surface area (Å²) < 4.78 is 1.34. The first-order valence-corrected chi connectivity index (χ1v) is 6.10. The quantitative estimate of drug-likeness (QED) is 0.614. The lowest BCUT2D eigenvalue weighted by molar-refractivity contribution is 0.142. The largest absolute Gasteiger partial charge is 0.330 e. The molecular formula is C9H18IN. The second kappa shape index (κ2) is 4.65. The maximum Gasteiger partial charge on any atom is 0.00239 e. The molecule has 66 valence electrons. The van der Waals surface area contributed by atoms with Crippen molar-refractivity contribution in [1.82, 2.24) is 0 Å². The molecular weight excluding hydrogens is 249 g/mol. The first-order valence-electron chi connectivity index (χ1n) is 4.57. The van der Waals surface area contributed by atoms with Crippen molar-refractivity contribution in [2.45, 2.75) is 26.2 Å². The van der Waals surface area contributed by atoms with E-state index >= 15 is 0 Å². The third-order valence-corrected chi connectivity index (χ3v) is 4.23. The molecule has 1 fully saturated rings. The van der Waals surface area contributed by atoms with Crippen molar-refractivity contribution < 1.29 is 0 Å². The van der Waals surface area contributed by atoms with E-state index in [9.17, 15) is 0 Å². The number of nitrogens with two attached hydrogens (primary N) is 1. The van der Waals surface area contributed by atoms with E-state index in [1.54, 1.807) is 0 Å². The van der Waals surface area contributed by atoms with Crippen LogP contribution in [0.15, 0.2) is 0 Å². The molecule has 1 nitrogen and oxygen atoms in total. The highest BCUT2D eigenvalue weighted by molar-refractivity contribution is 14.1. The zero-order chi connectivity index (χ0) is 8.27. The normalized spacial score (nSPS) is 33.0. The molecule has 0 saturated heterocycles. The summed E-state index contributed by atoms with van der Waals surface area (Å²) in [6.45, 7) is 3.16. The number of rotatable bonds is 4. The van der Waals surface area contributed by atoms with E-state index in [1.165, 1.54) is 23.7 Å². The molecule has 0 aliphatic heterocycles. The summed E-state index contributed by atoms with van der Waals surface area (Å²) in [6, 6.07) is 0. The Morgan fingerprint density at radius 2 is 2.18 bits per heavy atom. The van der Waals surface area contributed by atoms with Crippen LogP contribution < -0.4 is 5.73 Å². The molecule has 0 aromatic carbocycles. The van der Waals surface area contributed by atoms with Gasteiger partial charge in [0.15, 0.2) is 0 Å². The topological polar surface area (TPSA) is 26.0 Å². The van der Waals surface area contributed by atoms with Gasteiger partial charge in [-0.2, -0.15) is 0 Å². The van der Waals surface area contributed by atoms with Crippen LogP contribution in [-0.4, -0.2) is 11.0 Å². The molecule has 1 unspecified atom stereocenters. The standard InChI is InChI=1S/C9H18IN/c1-2-8(6-11)9-3-7(4-9)5-10/h7-9H,2-6,11H2,1H3. The zero-order valence-electron chi connectivity index (χ0n) is 7.22. The van der Waals surface area contributed by atoms with Crippen LogP contribution >= 0.6 is 22.6 Å². The Hall–Kier alpha value is 0.690. The van der Waals surface area contributed by atoms with E-state index in [0.717, 1.165) is 24.3 Å². The molecule has 1 aliphatic rings. The van der Waals surface area contributed by atoms with Gasteiger partial charge in [-0.3, -0.25) is 0 Å². The third-order valence-electron chi connectivity index (χ3n) is 2.98. The minimum Gasteiger partial charge on any atom is -0.330 e. The molecule has 0 amide bonds. The van der Waals surface area contributed by atoms with Crippen LogP contribution in [0.2, 0.25) is 0 Å². The molecule has 0 radical (unpaired) electrons. The van der Waals surface area contributed by atoms with Crippen LogP contribution in [0, 0.1) is 17.8 Å². The molecule has 2 N–H and O–H groups in total. The van der Waals surface area contributed by atoms with Crippen molar-refractivity contribution in [1.29, 1.82) is 0 Å². The van der Waals surface area contributed by atoms with Crippen molar-refractivity contribution in [2.24, 2.45) is 23.5 Å². The summed E-state index contributed by atoms with van der Waals surface area (Å²) in [4.78, 5) is 0. The monoisotopic (exact) mass is 267 g/mol. The number of alkyl halides is 1. The second-order valence-corrected chi connectivity index (χ2v) is 4.54. The third kappa shape index (κ3) is 2.31. The van der Waals surface area contributed by atoms with E-state index in [4.69, 9.17) is 5.73 Å². The van der Waals surface area contributed by atoms with E-state index in [0.29, 0.717) is 0 Å². The molecule has 0 aromatic heterocycles. The molecule has 1 atom stereocenters. The average Bonchev–Trinajstić information content (AvgIpc) is 1.95. The van der Waals surface area contributed by atoms with Crippen molar-refractivity contribution in [3.05, 3.63) is 0 Å². The maximum atomic E-state index is 5.68. The van der Waals surface area contributed by atoms with Crippen LogP contribution in [-0.2, 0) is 0 Å². The smallest absolute Gasteiger partial charge is 0.00239 e. The van der Waals surface area contributed by atoms with Gasteiger partial charge in [0.05, 0.1) is 0 Å². The van der Waals surface area contributed by atoms with Gasteiger partial charge in [-0.25, -0.2) is 0 Å². The van der Waals surface area contributed by atoms with Gasteiger partial charge < -0.3 is 5.73 Å². The van der Waals surface area contributed by atoms with Gasteiger partial charge in [-0.1, -0.05) is 35.9 Å². The lowest BCUT2D eigenvalue weighted by atomic mass is 9.69. The van der Waals surface area contributed by atoms with Crippen molar-refractivity contribution in [3.8, 4) is 0 Å². The van der Waals surface area contributed by atoms with Crippen LogP contribution in [0.25, 0.3) is 0 Å². The minimum atomic E-state index is 0.814. The van der Waals surface area contributed by atoms with E-state index in [-0.39, 0.29) is 0 Å². The van der Waals surface area contributed by atoms with Gasteiger partial charge in [-0.05, 0) is 37.1 Å². The Bertz CT molecular complexity index is 106. The number of halogens is 1. The molecule has 2 heteroatoms. The highest BCUT2D eigenvalue weighted by Gasteiger charge is 2.32. The first-order chi connectivity index (χ1) is 5.31. The Labute approximate surface area is 83.3 Å². The summed E-state index contributed by atoms with van der Waals surface area (Å²) >= 11 is 2.49. The first kappa shape index (κ1) is 9.78. The predicted octanol–water partition coefficient (Wildman–Crippen LogP) is 2.43. The Balaban J connectivity index is 2.19. The summed E-state index contributed by atoms with van der Waals surface area (Å²) in [5, 5.41) is 0. The number of hydrogen-bond acceptors (Lipinski definition) is 1. The molecule has 0 spiro atoms. The summed E-state index contributed by atoms with van der Waals surface area (Å²) in [5.74, 6) is 2.79. The van der Waals surface area contributed by atoms with Crippen LogP contribution in [0.5, 0.6) is 0 Å². The summed E-state index contributed by atoms with van der Waals surface area (Å²) in [7, 11) is 0. The average molecular weight is 267 g/mol. The van der Waals surface area contributed by atoms with Gasteiger partial charge in [0.25, 0.3) is 0 Å². The zero-order valence-corrected chi connectivity index (χ0v) is 9.38. The Morgan fingerprint density at radius 3 is 2.55 bits per heavy atom. The SMILES string of the molecule is CCC(CN)C1CC(CI)C1. The molecule has 1 aliphatic carbocycles. The Morgan fingerprint density at radius 1 is 1.55 bits per heavy atom. The van der Waals surface area contributed by atoms with Gasteiger partial charge in [-0.15, -0.1) is 0 Å². The Kier molecular flexibility index (Phi) is 4.13. The maximum absolute atomic E-state index is 5.68. The highest BCUT2D eigenvalue weighted by atomic mass is 127. The predicted molar refractivity (Wildman–Crippen MR) is 57.9 cm³/mol. The second-order valence-electron chi connectivity index (χ2n) is 3.66. The van der Waals surface area contributed by atoms with Crippen LogP contribution in [0.3, 0.4) is 0 Å². The van der Waals surface area contributed by atoms with Gasteiger partial charge in [0.1, 0.15) is 0 Å². The van der Waals surface area contributed by atoms with Crippen LogP contribution in [0.4, 0.5) is 0 Å². The highest BCUT2D eigenvalue weighted by Crippen LogP contribution is 2.40. The molecule has 0 aromatic rings. The molecule has 1 rings (SSSR count). The fraction of sp³-hybridized carbons (Fsp3) is 1.00. The molecule has 0 heterocycles.